The zero-order valence-electron chi connectivity index (χ0n) is 11.7. The second-order valence-corrected chi connectivity index (χ2v) is 4.96. The van der Waals surface area contributed by atoms with Gasteiger partial charge >= 0.3 is 5.97 Å². The van der Waals surface area contributed by atoms with Crippen molar-refractivity contribution < 1.29 is 14.7 Å². The van der Waals surface area contributed by atoms with Gasteiger partial charge in [0.25, 0.3) is 0 Å². The highest BCUT2D eigenvalue weighted by Gasteiger charge is 2.14. The monoisotopic (exact) mass is 263 g/mol. The van der Waals surface area contributed by atoms with Crippen LogP contribution in [0.3, 0.4) is 0 Å². The number of benzene rings is 1. The summed E-state index contributed by atoms with van der Waals surface area (Å²) in [7, 11) is 0. The van der Waals surface area contributed by atoms with E-state index in [1.165, 1.54) is 12.5 Å². The van der Waals surface area contributed by atoms with Crippen LogP contribution in [0.1, 0.15) is 36.5 Å². The van der Waals surface area contributed by atoms with Gasteiger partial charge in [-0.05, 0) is 37.8 Å². The van der Waals surface area contributed by atoms with Gasteiger partial charge in [-0.1, -0.05) is 23.8 Å². The van der Waals surface area contributed by atoms with Gasteiger partial charge in [-0.25, -0.2) is 0 Å². The maximum absolute atomic E-state index is 11.2. The standard InChI is InChI=1S/C15H21NO3/c1-10-4-5-11(2)13(8-10)9-14(16-12(3)17)6-7-15(18)19/h4-5,8,14H,6-7,9H2,1-3H3,(H,16,17)(H,18,19). The van der Waals surface area contributed by atoms with E-state index in [1.54, 1.807) is 0 Å². The number of hydrogen-bond acceptors (Lipinski definition) is 2. The van der Waals surface area contributed by atoms with E-state index < -0.39 is 5.97 Å². The van der Waals surface area contributed by atoms with E-state index in [2.05, 4.69) is 11.4 Å². The molecule has 0 heterocycles. The molecule has 0 aromatic heterocycles. The summed E-state index contributed by atoms with van der Waals surface area (Å²) < 4.78 is 0. The van der Waals surface area contributed by atoms with E-state index in [-0.39, 0.29) is 18.4 Å². The molecule has 1 rings (SSSR count). The Labute approximate surface area is 113 Å². The molecule has 19 heavy (non-hydrogen) atoms. The van der Waals surface area contributed by atoms with Gasteiger partial charge in [0, 0.05) is 19.4 Å². The summed E-state index contributed by atoms with van der Waals surface area (Å²) >= 11 is 0. The number of carbonyl (C=O) groups excluding carboxylic acids is 1. The first-order valence-electron chi connectivity index (χ1n) is 6.43. The van der Waals surface area contributed by atoms with Crippen molar-refractivity contribution >= 4 is 11.9 Å². The van der Waals surface area contributed by atoms with E-state index in [1.807, 2.05) is 26.0 Å². The Kier molecular flexibility index (Phi) is 5.55. The van der Waals surface area contributed by atoms with Crippen molar-refractivity contribution in [1.29, 1.82) is 0 Å². The van der Waals surface area contributed by atoms with Gasteiger partial charge in [0.2, 0.25) is 5.91 Å². The number of carbonyl (C=O) groups is 2. The van der Waals surface area contributed by atoms with Crippen LogP contribution in [0.4, 0.5) is 0 Å². The van der Waals surface area contributed by atoms with Gasteiger partial charge < -0.3 is 10.4 Å². The van der Waals surface area contributed by atoms with Crippen molar-refractivity contribution in [3.8, 4) is 0 Å². The van der Waals surface area contributed by atoms with Crippen LogP contribution in [0.5, 0.6) is 0 Å². The van der Waals surface area contributed by atoms with Crippen LogP contribution in [0, 0.1) is 13.8 Å². The fraction of sp³-hybridized carbons (Fsp3) is 0.467. The van der Waals surface area contributed by atoms with E-state index in [4.69, 9.17) is 5.11 Å². The van der Waals surface area contributed by atoms with Gasteiger partial charge in [-0.2, -0.15) is 0 Å². The van der Waals surface area contributed by atoms with Crippen LogP contribution >= 0.6 is 0 Å². The molecule has 0 aliphatic rings. The van der Waals surface area contributed by atoms with Crippen LogP contribution in [-0.2, 0) is 16.0 Å². The summed E-state index contributed by atoms with van der Waals surface area (Å²) in [5.41, 5.74) is 3.49. The first-order chi connectivity index (χ1) is 8.88. The molecular formula is C15H21NO3. The van der Waals surface area contributed by atoms with E-state index in [0.717, 1.165) is 11.1 Å². The van der Waals surface area contributed by atoms with Crippen molar-refractivity contribution in [1.82, 2.24) is 5.32 Å². The fourth-order valence-corrected chi connectivity index (χ4v) is 2.10. The number of hydrogen-bond donors (Lipinski definition) is 2. The van der Waals surface area contributed by atoms with Crippen LogP contribution < -0.4 is 5.32 Å². The maximum atomic E-state index is 11.2. The number of rotatable bonds is 6. The van der Waals surface area contributed by atoms with E-state index >= 15 is 0 Å². The lowest BCUT2D eigenvalue weighted by atomic mass is 9.96. The molecule has 1 unspecified atom stereocenters. The zero-order chi connectivity index (χ0) is 14.4. The number of carboxylic acids is 1. The Morgan fingerprint density at radius 3 is 2.58 bits per heavy atom. The molecule has 1 aromatic carbocycles. The second-order valence-electron chi connectivity index (χ2n) is 4.96. The molecule has 0 saturated carbocycles. The van der Waals surface area contributed by atoms with Gasteiger partial charge in [-0.15, -0.1) is 0 Å². The highest BCUT2D eigenvalue weighted by Crippen LogP contribution is 2.15. The number of aliphatic carboxylic acids is 1. The Morgan fingerprint density at radius 1 is 1.32 bits per heavy atom. The average molecular weight is 263 g/mol. The van der Waals surface area contributed by atoms with Gasteiger partial charge in [0.15, 0.2) is 0 Å². The lowest BCUT2D eigenvalue weighted by molar-refractivity contribution is -0.137. The van der Waals surface area contributed by atoms with Crippen molar-refractivity contribution in [3.05, 3.63) is 34.9 Å². The summed E-state index contributed by atoms with van der Waals surface area (Å²) in [6.07, 6.45) is 1.18. The third-order valence-corrected chi connectivity index (χ3v) is 3.09. The number of nitrogens with one attached hydrogen (secondary N) is 1. The Hall–Kier alpha value is -1.84. The largest absolute Gasteiger partial charge is 0.481 e. The average Bonchev–Trinajstić information content (AvgIpc) is 2.30. The Balaban J connectivity index is 2.77. The highest BCUT2D eigenvalue weighted by atomic mass is 16.4. The molecule has 4 heteroatoms. The highest BCUT2D eigenvalue weighted by molar-refractivity contribution is 5.73. The topological polar surface area (TPSA) is 66.4 Å². The summed E-state index contributed by atoms with van der Waals surface area (Å²) in [4.78, 5) is 21.8. The minimum Gasteiger partial charge on any atom is -0.481 e. The van der Waals surface area contributed by atoms with E-state index in [0.29, 0.717) is 12.8 Å². The van der Waals surface area contributed by atoms with Crippen LogP contribution in [0.25, 0.3) is 0 Å². The molecule has 0 spiro atoms. The lowest BCUT2D eigenvalue weighted by Crippen LogP contribution is -2.35. The molecule has 0 bridgehead atoms. The maximum Gasteiger partial charge on any atom is 0.303 e. The molecule has 2 N–H and O–H groups in total. The lowest BCUT2D eigenvalue weighted by Gasteiger charge is -2.18. The molecule has 0 saturated heterocycles. The predicted molar refractivity (Wildman–Crippen MR) is 74.1 cm³/mol. The molecule has 1 aromatic rings. The molecule has 104 valence electrons. The summed E-state index contributed by atoms with van der Waals surface area (Å²) in [5.74, 6) is -0.961. The van der Waals surface area contributed by atoms with Crippen molar-refractivity contribution in [2.75, 3.05) is 0 Å². The van der Waals surface area contributed by atoms with Crippen LogP contribution in [0.15, 0.2) is 18.2 Å². The molecular weight excluding hydrogens is 242 g/mol. The number of aryl methyl sites for hydroxylation is 2. The van der Waals surface area contributed by atoms with Gasteiger partial charge in [0.1, 0.15) is 0 Å². The van der Waals surface area contributed by atoms with Crippen LogP contribution in [-0.4, -0.2) is 23.0 Å². The first kappa shape index (κ1) is 15.2. The van der Waals surface area contributed by atoms with Crippen molar-refractivity contribution in [2.45, 2.75) is 46.1 Å². The predicted octanol–water partition coefficient (Wildman–Crippen LogP) is 2.22. The molecule has 0 aliphatic carbocycles. The molecule has 0 aliphatic heterocycles. The normalized spacial score (nSPS) is 11.9. The third kappa shape index (κ3) is 5.55. The SMILES string of the molecule is CC(=O)NC(CCC(=O)O)Cc1cc(C)ccc1C. The van der Waals surface area contributed by atoms with Crippen LogP contribution in [0.2, 0.25) is 0 Å². The zero-order valence-corrected chi connectivity index (χ0v) is 11.7. The fourth-order valence-electron chi connectivity index (χ4n) is 2.10. The van der Waals surface area contributed by atoms with Crippen molar-refractivity contribution in [3.63, 3.8) is 0 Å². The Morgan fingerprint density at radius 2 is 2.00 bits per heavy atom. The summed E-state index contributed by atoms with van der Waals surface area (Å²) in [6.45, 7) is 5.50. The third-order valence-electron chi connectivity index (χ3n) is 3.09. The van der Waals surface area contributed by atoms with E-state index in [9.17, 15) is 9.59 Å². The molecule has 1 atom stereocenters. The minimum atomic E-state index is -0.837. The Bertz CT molecular complexity index is 468. The second kappa shape index (κ2) is 6.92. The molecule has 0 fully saturated rings. The summed E-state index contributed by atoms with van der Waals surface area (Å²) in [6, 6.07) is 6.05. The number of amides is 1. The smallest absolute Gasteiger partial charge is 0.303 e. The number of carboxylic acid groups (broad SMARTS) is 1. The van der Waals surface area contributed by atoms with Gasteiger partial charge in [-0.3, -0.25) is 9.59 Å². The molecule has 0 radical (unpaired) electrons. The minimum absolute atomic E-state index is 0.0653. The molecule has 4 nitrogen and oxygen atoms in total. The summed E-state index contributed by atoms with van der Waals surface area (Å²) in [5, 5.41) is 11.6. The first-order valence-corrected chi connectivity index (χ1v) is 6.43. The van der Waals surface area contributed by atoms with Gasteiger partial charge in [0.05, 0.1) is 0 Å². The van der Waals surface area contributed by atoms with Crippen molar-refractivity contribution in [2.24, 2.45) is 0 Å². The molecule has 1 amide bonds. The quantitative estimate of drug-likeness (QED) is 0.827.